The van der Waals surface area contributed by atoms with E-state index in [-0.39, 0.29) is 17.9 Å². The van der Waals surface area contributed by atoms with Crippen molar-refractivity contribution in [2.45, 2.75) is 31.7 Å². The van der Waals surface area contributed by atoms with E-state index in [1.54, 1.807) is 7.11 Å². The molecule has 1 aliphatic rings. The van der Waals surface area contributed by atoms with Crippen molar-refractivity contribution in [2.24, 2.45) is 11.7 Å². The second-order valence-corrected chi connectivity index (χ2v) is 3.78. The molecule has 82 valence electrons. The summed E-state index contributed by atoms with van der Waals surface area (Å²) in [5.41, 5.74) is 5.79. The number of nitrogens with two attached hydrogens (primary N) is 1. The van der Waals surface area contributed by atoms with Crippen molar-refractivity contribution in [3.63, 3.8) is 0 Å². The molecular weight excluding hydrogens is 182 g/mol. The van der Waals surface area contributed by atoms with Gasteiger partial charge in [0, 0.05) is 13.2 Å². The fourth-order valence-electron chi connectivity index (χ4n) is 1.79. The average molecular weight is 201 g/mol. The molecule has 2 N–H and O–H groups in total. The van der Waals surface area contributed by atoms with E-state index in [2.05, 4.69) is 0 Å². The SMILES string of the molecule is COCCOC(=O)C1CCCC(N)C1. The highest BCUT2D eigenvalue weighted by Gasteiger charge is 2.26. The lowest BCUT2D eigenvalue weighted by Crippen LogP contribution is -2.32. The van der Waals surface area contributed by atoms with Gasteiger partial charge in [-0.15, -0.1) is 0 Å². The van der Waals surface area contributed by atoms with E-state index < -0.39 is 0 Å². The summed E-state index contributed by atoms with van der Waals surface area (Å²) in [4.78, 5) is 11.5. The third kappa shape index (κ3) is 3.64. The van der Waals surface area contributed by atoms with Crippen LogP contribution in [0.25, 0.3) is 0 Å². The van der Waals surface area contributed by atoms with Crippen LogP contribution < -0.4 is 5.73 Å². The maximum Gasteiger partial charge on any atom is 0.309 e. The van der Waals surface area contributed by atoms with Gasteiger partial charge in [0.1, 0.15) is 6.61 Å². The van der Waals surface area contributed by atoms with Gasteiger partial charge in [-0.25, -0.2) is 0 Å². The molecule has 4 heteroatoms. The Labute approximate surface area is 84.7 Å². The van der Waals surface area contributed by atoms with Crippen molar-refractivity contribution >= 4 is 5.97 Å². The fourth-order valence-corrected chi connectivity index (χ4v) is 1.79. The van der Waals surface area contributed by atoms with Crippen LogP contribution in [-0.2, 0) is 14.3 Å². The van der Waals surface area contributed by atoms with E-state index in [4.69, 9.17) is 15.2 Å². The van der Waals surface area contributed by atoms with Crippen LogP contribution in [0.5, 0.6) is 0 Å². The van der Waals surface area contributed by atoms with Gasteiger partial charge in [-0.05, 0) is 19.3 Å². The smallest absolute Gasteiger partial charge is 0.309 e. The minimum atomic E-state index is -0.114. The van der Waals surface area contributed by atoms with E-state index in [1.165, 1.54) is 0 Å². The number of rotatable bonds is 4. The van der Waals surface area contributed by atoms with Crippen molar-refractivity contribution in [2.75, 3.05) is 20.3 Å². The molecule has 0 heterocycles. The maximum absolute atomic E-state index is 11.5. The van der Waals surface area contributed by atoms with E-state index in [1.807, 2.05) is 0 Å². The number of carbonyl (C=O) groups is 1. The molecule has 1 saturated carbocycles. The summed E-state index contributed by atoms with van der Waals surface area (Å²) in [6, 6.07) is 0.170. The van der Waals surface area contributed by atoms with Gasteiger partial charge in [0.25, 0.3) is 0 Å². The molecule has 0 aromatic rings. The van der Waals surface area contributed by atoms with Crippen molar-refractivity contribution in [3.05, 3.63) is 0 Å². The first-order valence-corrected chi connectivity index (χ1v) is 5.15. The lowest BCUT2D eigenvalue weighted by atomic mass is 9.86. The zero-order valence-corrected chi connectivity index (χ0v) is 8.70. The Kier molecular flexibility index (Phi) is 4.90. The Morgan fingerprint density at radius 2 is 2.21 bits per heavy atom. The van der Waals surface area contributed by atoms with Crippen LogP contribution in [0.2, 0.25) is 0 Å². The molecule has 0 spiro atoms. The summed E-state index contributed by atoms with van der Waals surface area (Å²) >= 11 is 0. The molecule has 0 aromatic carbocycles. The normalized spacial score (nSPS) is 27.3. The summed E-state index contributed by atoms with van der Waals surface area (Å²) in [5, 5.41) is 0. The molecule has 14 heavy (non-hydrogen) atoms. The molecule has 1 rings (SSSR count). The van der Waals surface area contributed by atoms with Crippen molar-refractivity contribution in [1.29, 1.82) is 0 Å². The number of carbonyl (C=O) groups excluding carboxylic acids is 1. The first-order valence-electron chi connectivity index (χ1n) is 5.15. The van der Waals surface area contributed by atoms with Gasteiger partial charge in [-0.2, -0.15) is 0 Å². The molecule has 0 bridgehead atoms. The van der Waals surface area contributed by atoms with Crippen molar-refractivity contribution in [3.8, 4) is 0 Å². The topological polar surface area (TPSA) is 61.5 Å². The number of esters is 1. The Bertz CT molecular complexity index is 184. The number of hydrogen-bond acceptors (Lipinski definition) is 4. The van der Waals surface area contributed by atoms with Crippen molar-refractivity contribution in [1.82, 2.24) is 0 Å². The zero-order valence-electron chi connectivity index (χ0n) is 8.70. The largest absolute Gasteiger partial charge is 0.463 e. The van der Waals surface area contributed by atoms with E-state index in [0.29, 0.717) is 13.2 Å². The van der Waals surface area contributed by atoms with Gasteiger partial charge in [-0.3, -0.25) is 4.79 Å². The Balaban J connectivity index is 2.22. The zero-order chi connectivity index (χ0) is 10.4. The number of ether oxygens (including phenoxy) is 2. The van der Waals surface area contributed by atoms with Crippen LogP contribution in [0.1, 0.15) is 25.7 Å². The molecule has 1 aliphatic carbocycles. The summed E-state index contributed by atoms with van der Waals surface area (Å²) in [6.45, 7) is 0.811. The molecule has 0 radical (unpaired) electrons. The van der Waals surface area contributed by atoms with E-state index in [0.717, 1.165) is 25.7 Å². The van der Waals surface area contributed by atoms with Gasteiger partial charge in [0.15, 0.2) is 0 Å². The number of hydrogen-bond donors (Lipinski definition) is 1. The third-order valence-corrected chi connectivity index (χ3v) is 2.58. The Morgan fingerprint density at radius 3 is 2.86 bits per heavy atom. The molecular formula is C10H19NO3. The van der Waals surface area contributed by atoms with Gasteiger partial charge < -0.3 is 15.2 Å². The molecule has 0 aromatic heterocycles. The summed E-state index contributed by atoms with van der Waals surface area (Å²) < 4.78 is 9.85. The van der Waals surface area contributed by atoms with Crippen LogP contribution in [-0.4, -0.2) is 32.3 Å². The second kappa shape index (κ2) is 5.98. The molecule has 0 aliphatic heterocycles. The number of methoxy groups -OCH3 is 1. The van der Waals surface area contributed by atoms with Crippen molar-refractivity contribution < 1.29 is 14.3 Å². The Hall–Kier alpha value is -0.610. The molecule has 0 amide bonds. The quantitative estimate of drug-likeness (QED) is 0.537. The monoisotopic (exact) mass is 201 g/mol. The molecule has 1 fully saturated rings. The van der Waals surface area contributed by atoms with Crippen LogP contribution in [0, 0.1) is 5.92 Å². The second-order valence-electron chi connectivity index (χ2n) is 3.78. The summed E-state index contributed by atoms with van der Waals surface area (Å²) in [7, 11) is 1.59. The van der Waals surface area contributed by atoms with E-state index in [9.17, 15) is 4.79 Å². The predicted octanol–water partition coefficient (Wildman–Crippen LogP) is 0.694. The summed E-state index contributed by atoms with van der Waals surface area (Å²) in [6.07, 6.45) is 3.75. The highest BCUT2D eigenvalue weighted by atomic mass is 16.6. The highest BCUT2D eigenvalue weighted by molar-refractivity contribution is 5.72. The third-order valence-electron chi connectivity index (χ3n) is 2.58. The van der Waals surface area contributed by atoms with Gasteiger partial charge in [-0.1, -0.05) is 6.42 Å². The lowest BCUT2D eigenvalue weighted by Gasteiger charge is -2.24. The molecule has 2 atom stereocenters. The van der Waals surface area contributed by atoms with Crippen LogP contribution >= 0.6 is 0 Å². The van der Waals surface area contributed by atoms with Gasteiger partial charge in [0.2, 0.25) is 0 Å². The molecule has 4 nitrogen and oxygen atoms in total. The summed E-state index contributed by atoms with van der Waals surface area (Å²) in [5.74, 6) is -0.104. The fraction of sp³-hybridized carbons (Fsp3) is 0.900. The van der Waals surface area contributed by atoms with E-state index >= 15 is 0 Å². The first-order chi connectivity index (χ1) is 6.74. The minimum Gasteiger partial charge on any atom is -0.463 e. The highest BCUT2D eigenvalue weighted by Crippen LogP contribution is 2.23. The lowest BCUT2D eigenvalue weighted by molar-refractivity contribution is -0.151. The van der Waals surface area contributed by atoms with Gasteiger partial charge in [0.05, 0.1) is 12.5 Å². The predicted molar refractivity (Wildman–Crippen MR) is 52.8 cm³/mol. The van der Waals surface area contributed by atoms with Crippen LogP contribution in [0.3, 0.4) is 0 Å². The molecule has 2 unspecified atom stereocenters. The van der Waals surface area contributed by atoms with Crippen LogP contribution in [0.15, 0.2) is 0 Å². The molecule has 0 saturated heterocycles. The minimum absolute atomic E-state index is 0.00982. The van der Waals surface area contributed by atoms with Crippen LogP contribution in [0.4, 0.5) is 0 Å². The average Bonchev–Trinajstić information content (AvgIpc) is 2.18. The Morgan fingerprint density at radius 1 is 1.43 bits per heavy atom. The standard InChI is InChI=1S/C10H19NO3/c1-13-5-6-14-10(12)8-3-2-4-9(11)7-8/h8-9H,2-7,11H2,1H3. The maximum atomic E-state index is 11.5. The first kappa shape index (κ1) is 11.5. The van der Waals surface area contributed by atoms with Gasteiger partial charge >= 0.3 is 5.97 Å².